The predicted octanol–water partition coefficient (Wildman–Crippen LogP) is 3.29. The van der Waals surface area contributed by atoms with Crippen molar-refractivity contribution < 1.29 is 22.7 Å². The van der Waals surface area contributed by atoms with Crippen molar-refractivity contribution >= 4 is 11.7 Å². The van der Waals surface area contributed by atoms with Crippen LogP contribution in [-0.2, 0) is 9.53 Å². The molecule has 0 N–H and O–H groups in total. The van der Waals surface area contributed by atoms with Crippen LogP contribution in [0.25, 0.3) is 0 Å². The molecule has 0 spiro atoms. The number of nitrogens with zero attached hydrogens (tertiary/aromatic N) is 4. The molecule has 2 bridgehead atoms. The largest absolute Gasteiger partial charge is 0.358 e. The number of likely N-dealkylation sites (tertiary alicyclic amines) is 1. The second kappa shape index (κ2) is 8.94. The highest BCUT2D eigenvalue weighted by Crippen LogP contribution is 2.34. The summed E-state index contributed by atoms with van der Waals surface area (Å²) in [6.45, 7) is 0.438. The number of carbonyl (C=O) groups excluding carboxylic acids is 1. The fourth-order valence-electron chi connectivity index (χ4n) is 4.30. The fourth-order valence-corrected chi connectivity index (χ4v) is 4.30. The van der Waals surface area contributed by atoms with Crippen LogP contribution < -0.4 is 4.90 Å². The average Bonchev–Trinajstić information content (AvgIpc) is 3.03. The van der Waals surface area contributed by atoms with Crippen molar-refractivity contribution in [3.8, 4) is 6.07 Å². The lowest BCUT2D eigenvalue weighted by molar-refractivity contribution is -0.143. The molecule has 0 saturated carbocycles. The smallest absolute Gasteiger partial charge is 0.268 e. The maximum atomic E-state index is 13.4. The monoisotopic (exact) mass is 430 g/mol. The average molecular weight is 430 g/mol. The van der Waals surface area contributed by atoms with E-state index in [2.05, 4.69) is 9.88 Å². The standard InChI is InChI=1S/C22H21F3N4O2/c23-16-4-2-15(3-5-16)21(22(24)25)31-13-20(30)28-11-17-6-7-18(12-28)29(17)19-8-1-14(9-26)10-27-19/h1-5,8,10,17-18,21-22H,6-7,11-13H2/t17-,18?,21?/m0/s1. The summed E-state index contributed by atoms with van der Waals surface area (Å²) in [5.41, 5.74) is 0.609. The third-order valence-electron chi connectivity index (χ3n) is 5.79. The number of hydrogen-bond acceptors (Lipinski definition) is 5. The Morgan fingerprint density at radius 2 is 1.84 bits per heavy atom. The number of pyridine rings is 1. The number of amides is 1. The van der Waals surface area contributed by atoms with E-state index in [4.69, 9.17) is 10.00 Å². The summed E-state index contributed by atoms with van der Waals surface area (Å²) in [5, 5.41) is 8.94. The number of ether oxygens (including phenoxy) is 1. The molecule has 2 aliphatic heterocycles. The molecule has 3 atom stereocenters. The molecular formula is C22H21F3N4O2. The van der Waals surface area contributed by atoms with Crippen LogP contribution in [0.4, 0.5) is 19.0 Å². The van der Waals surface area contributed by atoms with Crippen LogP contribution in [0.3, 0.4) is 0 Å². The van der Waals surface area contributed by atoms with Gasteiger partial charge in [-0.3, -0.25) is 4.79 Å². The van der Waals surface area contributed by atoms with E-state index in [1.54, 1.807) is 17.0 Å². The van der Waals surface area contributed by atoms with Crippen LogP contribution in [0.1, 0.15) is 30.1 Å². The Morgan fingerprint density at radius 3 is 2.39 bits per heavy atom. The molecule has 162 valence electrons. The first kappa shape index (κ1) is 21.1. The molecule has 3 heterocycles. The van der Waals surface area contributed by atoms with E-state index >= 15 is 0 Å². The van der Waals surface area contributed by atoms with E-state index < -0.39 is 25.0 Å². The van der Waals surface area contributed by atoms with Gasteiger partial charge in [0.15, 0.2) is 0 Å². The molecule has 6 nitrogen and oxygen atoms in total. The molecule has 2 aromatic rings. The highest BCUT2D eigenvalue weighted by molar-refractivity contribution is 5.78. The van der Waals surface area contributed by atoms with Gasteiger partial charge in [-0.05, 0) is 42.7 Å². The predicted molar refractivity (Wildman–Crippen MR) is 106 cm³/mol. The number of alkyl halides is 2. The molecule has 9 heteroatoms. The summed E-state index contributed by atoms with van der Waals surface area (Å²) in [6, 6.07) is 10.4. The van der Waals surface area contributed by atoms with Gasteiger partial charge in [0, 0.05) is 31.4 Å². The van der Waals surface area contributed by atoms with Gasteiger partial charge >= 0.3 is 0 Å². The lowest BCUT2D eigenvalue weighted by Crippen LogP contribution is -2.56. The van der Waals surface area contributed by atoms with Crippen LogP contribution in [0.5, 0.6) is 0 Å². The summed E-state index contributed by atoms with van der Waals surface area (Å²) in [7, 11) is 0. The maximum Gasteiger partial charge on any atom is 0.268 e. The van der Waals surface area contributed by atoms with Crippen molar-refractivity contribution in [1.29, 1.82) is 5.26 Å². The van der Waals surface area contributed by atoms with Crippen LogP contribution in [0, 0.1) is 17.1 Å². The molecular weight excluding hydrogens is 409 g/mol. The third-order valence-corrected chi connectivity index (χ3v) is 5.79. The van der Waals surface area contributed by atoms with Crippen molar-refractivity contribution in [3.63, 3.8) is 0 Å². The van der Waals surface area contributed by atoms with Crippen LogP contribution in [0.2, 0.25) is 0 Å². The Balaban J connectivity index is 1.38. The van der Waals surface area contributed by atoms with E-state index in [0.717, 1.165) is 30.8 Å². The number of piperazine rings is 1. The first-order valence-electron chi connectivity index (χ1n) is 10.0. The van der Waals surface area contributed by atoms with E-state index in [1.165, 1.54) is 18.3 Å². The summed E-state index contributed by atoms with van der Waals surface area (Å²) >= 11 is 0. The number of rotatable bonds is 6. The minimum Gasteiger partial charge on any atom is -0.358 e. The van der Waals surface area contributed by atoms with Crippen LogP contribution in [0.15, 0.2) is 42.6 Å². The first-order chi connectivity index (χ1) is 15.0. The number of fused-ring (bicyclic) bond motifs is 2. The number of halogens is 3. The molecule has 1 amide bonds. The van der Waals surface area contributed by atoms with Gasteiger partial charge in [0.2, 0.25) is 5.91 Å². The number of anilines is 1. The van der Waals surface area contributed by atoms with E-state index in [-0.39, 0.29) is 23.6 Å². The van der Waals surface area contributed by atoms with Gasteiger partial charge in [-0.1, -0.05) is 12.1 Å². The Labute approximate surface area is 177 Å². The number of nitriles is 1. The lowest BCUT2D eigenvalue weighted by Gasteiger charge is -2.41. The summed E-state index contributed by atoms with van der Waals surface area (Å²) in [5.74, 6) is -0.112. The van der Waals surface area contributed by atoms with Crippen molar-refractivity contribution in [2.45, 2.75) is 37.5 Å². The maximum absolute atomic E-state index is 13.4. The highest BCUT2D eigenvalue weighted by Gasteiger charge is 2.42. The van der Waals surface area contributed by atoms with E-state index in [0.29, 0.717) is 18.7 Å². The zero-order valence-corrected chi connectivity index (χ0v) is 16.6. The SMILES string of the molecule is N#Cc1ccc(N2C3CC[C@H]2CN(C(=O)COC(c2ccc(F)cc2)C(F)F)C3)nc1. The summed E-state index contributed by atoms with van der Waals surface area (Å²) in [4.78, 5) is 20.9. The van der Waals surface area contributed by atoms with Gasteiger partial charge in [-0.15, -0.1) is 0 Å². The van der Waals surface area contributed by atoms with E-state index in [9.17, 15) is 18.0 Å². The Morgan fingerprint density at radius 1 is 1.16 bits per heavy atom. The molecule has 4 rings (SSSR count). The summed E-state index contributed by atoms with van der Waals surface area (Å²) < 4.78 is 45.2. The van der Waals surface area contributed by atoms with Gasteiger partial charge in [0.05, 0.1) is 5.56 Å². The number of aromatic nitrogens is 1. The van der Waals surface area contributed by atoms with Crippen molar-refractivity contribution in [2.75, 3.05) is 24.6 Å². The van der Waals surface area contributed by atoms with Crippen LogP contribution in [-0.4, -0.2) is 54.0 Å². The highest BCUT2D eigenvalue weighted by atomic mass is 19.3. The van der Waals surface area contributed by atoms with Crippen LogP contribution >= 0.6 is 0 Å². The zero-order chi connectivity index (χ0) is 22.0. The molecule has 2 aliphatic rings. The molecule has 1 aromatic carbocycles. The third kappa shape index (κ3) is 4.49. The minimum atomic E-state index is -2.84. The molecule has 2 saturated heterocycles. The first-order valence-corrected chi connectivity index (χ1v) is 10.0. The Bertz CT molecular complexity index is 948. The van der Waals surface area contributed by atoms with Gasteiger partial charge in [0.25, 0.3) is 6.43 Å². The van der Waals surface area contributed by atoms with E-state index in [1.807, 2.05) is 6.07 Å². The Kier molecular flexibility index (Phi) is 6.09. The molecule has 2 unspecified atom stereocenters. The lowest BCUT2D eigenvalue weighted by atomic mass is 10.1. The fraction of sp³-hybridized carbons (Fsp3) is 0.409. The molecule has 2 fully saturated rings. The molecule has 31 heavy (non-hydrogen) atoms. The topological polar surface area (TPSA) is 69.5 Å². The van der Waals surface area contributed by atoms with Gasteiger partial charge in [-0.2, -0.15) is 5.26 Å². The zero-order valence-electron chi connectivity index (χ0n) is 16.6. The number of carbonyl (C=O) groups is 1. The van der Waals surface area contributed by atoms with Gasteiger partial charge in [0.1, 0.15) is 30.4 Å². The second-order valence-corrected chi connectivity index (χ2v) is 7.73. The van der Waals surface area contributed by atoms with Crippen molar-refractivity contribution in [1.82, 2.24) is 9.88 Å². The second-order valence-electron chi connectivity index (χ2n) is 7.73. The molecule has 0 aliphatic carbocycles. The summed E-state index contributed by atoms with van der Waals surface area (Å²) in [6.07, 6.45) is -1.11. The Hall–Kier alpha value is -3.12. The number of benzene rings is 1. The molecule has 0 radical (unpaired) electrons. The molecule has 1 aromatic heterocycles. The number of hydrogen-bond donors (Lipinski definition) is 0. The normalized spacial score (nSPS) is 21.3. The quantitative estimate of drug-likeness (QED) is 0.704. The van der Waals surface area contributed by atoms with Crippen molar-refractivity contribution in [3.05, 3.63) is 59.5 Å². The van der Waals surface area contributed by atoms with Gasteiger partial charge < -0.3 is 14.5 Å². The minimum absolute atomic E-state index is 0.0751. The van der Waals surface area contributed by atoms with Crippen molar-refractivity contribution in [2.24, 2.45) is 0 Å². The van der Waals surface area contributed by atoms with Gasteiger partial charge in [-0.25, -0.2) is 18.2 Å².